The van der Waals surface area contributed by atoms with Crippen LogP contribution in [0.25, 0.3) is 11.3 Å². The SMILES string of the molecule is [2H]C([2H])(c1ccc(-c2ccccn2)cc1)N(C[C@H](O)[C@H](Cc1ccccc1)NC([B])=O)NB(C)O. The number of carbonyl (C=O) groups excluding carboxylic acids is 1. The largest absolute Gasteiger partial charge is 0.437 e. The Morgan fingerprint density at radius 1 is 1.12 bits per heavy atom. The van der Waals surface area contributed by atoms with Crippen LogP contribution in [0.5, 0.6) is 0 Å². The van der Waals surface area contributed by atoms with Gasteiger partial charge in [-0.2, -0.15) is 0 Å². The number of hydrogen-bond acceptors (Lipinski definition) is 6. The highest BCUT2D eigenvalue weighted by atomic mass is 16.3. The van der Waals surface area contributed by atoms with Crippen LogP contribution in [0.1, 0.15) is 13.9 Å². The van der Waals surface area contributed by atoms with Crippen molar-refractivity contribution in [3.05, 3.63) is 90.1 Å². The number of benzene rings is 2. The second-order valence-electron chi connectivity index (χ2n) is 7.69. The highest BCUT2D eigenvalue weighted by Gasteiger charge is 2.24. The molecule has 1 aromatic heterocycles. The number of nitrogens with zero attached hydrogens (tertiary/aromatic N) is 2. The van der Waals surface area contributed by atoms with Gasteiger partial charge < -0.3 is 15.4 Å². The lowest BCUT2D eigenvalue weighted by molar-refractivity contribution is 0.0667. The topological polar surface area (TPSA) is 97.7 Å². The normalized spacial score (nSPS) is 14.2. The number of aliphatic hydroxyl groups is 1. The first-order valence-electron chi connectivity index (χ1n) is 11.7. The summed E-state index contributed by atoms with van der Waals surface area (Å²) < 4.78 is 17.5. The predicted molar refractivity (Wildman–Crippen MR) is 131 cm³/mol. The van der Waals surface area contributed by atoms with Gasteiger partial charge in [0.05, 0.1) is 17.8 Å². The molecular formula is C24H28B2N4O3. The van der Waals surface area contributed by atoms with Crippen molar-refractivity contribution in [2.24, 2.45) is 0 Å². The van der Waals surface area contributed by atoms with Crippen LogP contribution in [0, 0.1) is 0 Å². The molecule has 2 radical (unpaired) electrons. The van der Waals surface area contributed by atoms with E-state index < -0.39 is 31.5 Å². The van der Waals surface area contributed by atoms with Gasteiger partial charge in [-0.05, 0) is 36.5 Å². The number of carbonyl (C=O) groups is 1. The lowest BCUT2D eigenvalue weighted by atomic mass is 9.90. The molecule has 168 valence electrons. The van der Waals surface area contributed by atoms with Crippen LogP contribution < -0.4 is 10.7 Å². The van der Waals surface area contributed by atoms with E-state index in [9.17, 15) is 14.9 Å². The molecule has 4 N–H and O–H groups in total. The van der Waals surface area contributed by atoms with Gasteiger partial charge in [-0.1, -0.05) is 60.7 Å². The Morgan fingerprint density at radius 3 is 2.42 bits per heavy atom. The zero-order valence-corrected chi connectivity index (χ0v) is 18.4. The smallest absolute Gasteiger partial charge is 0.388 e. The fraction of sp³-hybridized carbons (Fsp3) is 0.250. The molecule has 2 aromatic carbocycles. The van der Waals surface area contributed by atoms with E-state index in [1.54, 1.807) is 30.5 Å². The number of pyridine rings is 1. The van der Waals surface area contributed by atoms with Crippen molar-refractivity contribution in [1.82, 2.24) is 20.6 Å². The average Bonchev–Trinajstić information content (AvgIpc) is 2.84. The molecule has 0 aliphatic heterocycles. The van der Waals surface area contributed by atoms with Crippen molar-refractivity contribution in [2.75, 3.05) is 6.54 Å². The van der Waals surface area contributed by atoms with Gasteiger partial charge in [0.25, 0.3) is 0 Å². The first-order chi connectivity index (χ1) is 16.7. The van der Waals surface area contributed by atoms with Crippen molar-refractivity contribution < 1.29 is 17.7 Å². The minimum Gasteiger partial charge on any atom is -0.437 e. The predicted octanol–water partition coefficient (Wildman–Crippen LogP) is 2.02. The van der Waals surface area contributed by atoms with Gasteiger partial charge in [0, 0.05) is 27.5 Å². The first-order valence-corrected chi connectivity index (χ1v) is 10.7. The summed E-state index contributed by atoms with van der Waals surface area (Å²) in [6, 6.07) is 20.8. The van der Waals surface area contributed by atoms with Crippen LogP contribution >= 0.6 is 0 Å². The summed E-state index contributed by atoms with van der Waals surface area (Å²) in [6.45, 7) is -0.926. The molecule has 9 heteroatoms. The minimum absolute atomic E-state index is 0.252. The summed E-state index contributed by atoms with van der Waals surface area (Å²) >= 11 is 0. The number of rotatable bonds is 11. The van der Waals surface area contributed by atoms with Crippen molar-refractivity contribution in [1.29, 1.82) is 0 Å². The fourth-order valence-corrected chi connectivity index (χ4v) is 3.41. The van der Waals surface area contributed by atoms with Crippen molar-refractivity contribution in [3.8, 4) is 11.3 Å². The molecule has 3 rings (SSSR count). The Kier molecular flexibility index (Phi) is 8.16. The second kappa shape index (κ2) is 12.3. The third-order valence-electron chi connectivity index (χ3n) is 4.91. The van der Waals surface area contributed by atoms with E-state index in [1.165, 1.54) is 6.82 Å². The highest BCUT2D eigenvalue weighted by molar-refractivity contribution is 6.57. The molecule has 2 atom stereocenters. The third-order valence-corrected chi connectivity index (χ3v) is 4.91. The molecule has 0 aliphatic carbocycles. The quantitative estimate of drug-likeness (QED) is 0.267. The molecule has 0 saturated heterocycles. The zero-order valence-electron chi connectivity index (χ0n) is 20.4. The number of aromatic nitrogens is 1. The molecule has 0 unspecified atom stereocenters. The Morgan fingerprint density at radius 2 is 1.82 bits per heavy atom. The monoisotopic (exact) mass is 444 g/mol. The lowest BCUT2D eigenvalue weighted by Gasteiger charge is -2.31. The van der Waals surface area contributed by atoms with Crippen molar-refractivity contribution >= 4 is 20.7 Å². The van der Waals surface area contributed by atoms with Crippen LogP contribution in [0.15, 0.2) is 79.0 Å². The van der Waals surface area contributed by atoms with E-state index >= 15 is 0 Å². The molecule has 0 bridgehead atoms. The van der Waals surface area contributed by atoms with Gasteiger partial charge in [0.2, 0.25) is 7.85 Å². The molecule has 0 aliphatic rings. The summed E-state index contributed by atoms with van der Waals surface area (Å²) in [5.41, 5.74) is 2.76. The van der Waals surface area contributed by atoms with Gasteiger partial charge in [0.1, 0.15) is 0 Å². The summed E-state index contributed by atoms with van der Waals surface area (Å²) in [5, 5.41) is 27.3. The number of aliphatic hydroxyl groups excluding tert-OH is 1. The Labute approximate surface area is 199 Å². The molecule has 0 fully saturated rings. The lowest BCUT2D eigenvalue weighted by Crippen LogP contribution is -2.54. The van der Waals surface area contributed by atoms with Gasteiger partial charge in [-0.15, -0.1) is 0 Å². The van der Waals surface area contributed by atoms with Gasteiger partial charge >= 0.3 is 7.05 Å². The Hall–Kier alpha value is -2.97. The number of nitrogens with one attached hydrogen (secondary N) is 2. The average molecular weight is 444 g/mol. The minimum atomic E-state index is -2.12. The molecule has 33 heavy (non-hydrogen) atoms. The van der Waals surface area contributed by atoms with E-state index in [0.717, 1.165) is 21.8 Å². The van der Waals surface area contributed by atoms with Crippen LogP contribution in [0.2, 0.25) is 6.82 Å². The second-order valence-corrected chi connectivity index (χ2v) is 7.69. The van der Waals surface area contributed by atoms with Crippen LogP contribution in [0.4, 0.5) is 4.79 Å². The maximum Gasteiger partial charge on any atom is 0.388 e. The van der Waals surface area contributed by atoms with E-state index in [1.807, 2.05) is 48.5 Å². The number of amides is 1. The maximum absolute atomic E-state index is 11.6. The summed E-state index contributed by atoms with van der Waals surface area (Å²) in [5.74, 6) is -0.798. The van der Waals surface area contributed by atoms with Gasteiger partial charge in [0.15, 0.2) is 5.81 Å². The maximum atomic E-state index is 11.6. The molecule has 7 nitrogen and oxygen atoms in total. The zero-order chi connectivity index (χ0) is 25.4. The fourth-order valence-electron chi connectivity index (χ4n) is 3.41. The first kappa shape index (κ1) is 21.9. The van der Waals surface area contributed by atoms with Crippen LogP contribution in [-0.4, -0.2) is 59.5 Å². The number of hydrogen-bond donors (Lipinski definition) is 4. The van der Waals surface area contributed by atoms with E-state index in [0.29, 0.717) is 5.56 Å². The van der Waals surface area contributed by atoms with E-state index in [-0.39, 0.29) is 13.0 Å². The summed E-state index contributed by atoms with van der Waals surface area (Å²) in [7, 11) is 4.23. The molecule has 3 aromatic rings. The number of hydrazine groups is 1. The summed E-state index contributed by atoms with van der Waals surface area (Å²) in [6.07, 6.45) is 0.760. The van der Waals surface area contributed by atoms with Gasteiger partial charge in [-0.3, -0.25) is 15.1 Å². The molecule has 0 spiro atoms. The standard InChI is InChI=1S/C24H28B2N4O3/c1-26(33)29-30(16-19-10-12-20(13-11-19)21-9-5-6-14-27-21)17-23(31)22(28-24(25)32)15-18-7-3-2-4-8-18/h2-14,22-23,29,31,33H,15-17H2,1H3,(H,28,32)/t22-,23-/m0/s1/i16D2. The van der Waals surface area contributed by atoms with Crippen molar-refractivity contribution in [3.63, 3.8) is 0 Å². The molecule has 1 amide bonds. The molecule has 0 saturated carbocycles. The highest BCUT2D eigenvalue weighted by Crippen LogP contribution is 2.18. The van der Waals surface area contributed by atoms with Crippen molar-refractivity contribution in [2.45, 2.75) is 31.9 Å². The Bertz CT molecular complexity index is 1080. The Balaban J connectivity index is 1.82. The third kappa shape index (κ3) is 8.14. The van der Waals surface area contributed by atoms with Crippen LogP contribution in [-0.2, 0) is 12.9 Å². The summed E-state index contributed by atoms with van der Waals surface area (Å²) in [4.78, 5) is 15.9. The van der Waals surface area contributed by atoms with E-state index in [2.05, 4.69) is 15.6 Å². The van der Waals surface area contributed by atoms with Gasteiger partial charge in [-0.25, -0.2) is 5.01 Å². The van der Waals surface area contributed by atoms with E-state index in [4.69, 9.17) is 10.6 Å². The van der Waals surface area contributed by atoms with Crippen LogP contribution in [0.3, 0.4) is 0 Å². The molecule has 1 heterocycles. The molecular weight excluding hydrogens is 414 g/mol.